The Kier molecular flexibility index (Phi) is 6.77. The Hall–Kier alpha value is -3.68. The molecule has 1 aliphatic rings. The van der Waals surface area contributed by atoms with Crippen LogP contribution in [0.15, 0.2) is 97.1 Å². The summed E-state index contributed by atoms with van der Waals surface area (Å²) in [6.07, 6.45) is -0.812. The van der Waals surface area contributed by atoms with E-state index in [0.717, 1.165) is 39.3 Å². The van der Waals surface area contributed by atoms with Gasteiger partial charge in [0.15, 0.2) is 0 Å². The lowest BCUT2D eigenvalue weighted by molar-refractivity contribution is -1.01. The van der Waals surface area contributed by atoms with Crippen LogP contribution in [-0.2, 0) is 13.1 Å². The minimum atomic E-state index is -0.406. The molecule has 204 valence electrons. The average Bonchev–Trinajstić information content (AvgIpc) is 3.47. The average molecular weight is 535 g/mol. The Labute approximate surface area is 234 Å². The quantitative estimate of drug-likeness (QED) is 0.242. The molecule has 1 saturated heterocycles. The first-order valence-electron chi connectivity index (χ1n) is 14.6. The van der Waals surface area contributed by atoms with Gasteiger partial charge in [0.1, 0.15) is 51.5 Å². The normalized spacial score (nSPS) is 19.6. The zero-order valence-electron chi connectivity index (χ0n) is 22.8. The van der Waals surface area contributed by atoms with Gasteiger partial charge in [-0.3, -0.25) is 0 Å². The van der Waals surface area contributed by atoms with E-state index in [1.54, 1.807) is 0 Å². The standard InChI is InChI=1S/C34H36N4O2/c39-25(23-37-31-13-5-1-9-27(31)28-10-2-6-14-32(28)37)21-35-17-19-36(20-18-35)22-26(40)24-38-33-15-7-3-11-29(33)30-12-4-8-16-34(30)38/h1-16,25-26,39-40H,17-24H2/p+2/t25-,26-/m1/s1. The summed E-state index contributed by atoms with van der Waals surface area (Å²) in [6, 6.07) is 33.9. The van der Waals surface area contributed by atoms with E-state index in [0.29, 0.717) is 13.1 Å². The summed E-state index contributed by atoms with van der Waals surface area (Å²) >= 11 is 0. The molecule has 0 unspecified atom stereocenters. The van der Waals surface area contributed by atoms with Gasteiger partial charge in [0, 0.05) is 43.6 Å². The highest BCUT2D eigenvalue weighted by atomic mass is 16.3. The van der Waals surface area contributed by atoms with Crippen LogP contribution in [0.1, 0.15) is 0 Å². The van der Waals surface area contributed by atoms with Crippen LogP contribution in [0.4, 0.5) is 0 Å². The number of nitrogens with one attached hydrogen (secondary N) is 2. The number of fused-ring (bicyclic) bond motifs is 6. The highest BCUT2D eigenvalue weighted by molar-refractivity contribution is 6.08. The van der Waals surface area contributed by atoms with Gasteiger partial charge in [-0.15, -0.1) is 0 Å². The fourth-order valence-electron chi connectivity index (χ4n) is 6.98. The van der Waals surface area contributed by atoms with Gasteiger partial charge in [0.05, 0.1) is 13.1 Å². The second-order valence-corrected chi connectivity index (χ2v) is 11.5. The van der Waals surface area contributed by atoms with Crippen LogP contribution in [-0.4, -0.2) is 70.8 Å². The van der Waals surface area contributed by atoms with Crippen LogP contribution in [0, 0.1) is 0 Å². The zero-order valence-corrected chi connectivity index (χ0v) is 22.8. The molecule has 0 saturated carbocycles. The third-order valence-corrected chi connectivity index (χ3v) is 8.86. The summed E-state index contributed by atoms with van der Waals surface area (Å²) in [6.45, 7) is 6.76. The molecule has 0 aliphatic carbocycles. The number of hydrogen-bond acceptors (Lipinski definition) is 2. The molecule has 4 N–H and O–H groups in total. The van der Waals surface area contributed by atoms with Crippen molar-refractivity contribution in [2.75, 3.05) is 39.3 Å². The molecular weight excluding hydrogens is 496 g/mol. The second-order valence-electron chi connectivity index (χ2n) is 11.5. The topological polar surface area (TPSA) is 59.2 Å². The van der Waals surface area contributed by atoms with Gasteiger partial charge in [-0.2, -0.15) is 0 Å². The largest absolute Gasteiger partial charge is 0.385 e. The molecule has 0 bridgehead atoms. The second kappa shape index (κ2) is 10.7. The SMILES string of the molecule is O[C@@H](Cn1c2ccccc2c2ccccc21)C[NH+]1CC[NH+](C[C@@H](O)Cn2c3ccccc3c3ccccc32)CC1. The van der Waals surface area contributed by atoms with E-state index in [2.05, 4.69) is 106 Å². The number of aliphatic hydroxyl groups is 2. The van der Waals surface area contributed by atoms with E-state index in [4.69, 9.17) is 0 Å². The van der Waals surface area contributed by atoms with Crippen molar-refractivity contribution < 1.29 is 20.0 Å². The summed E-state index contributed by atoms with van der Waals surface area (Å²) in [5.41, 5.74) is 4.74. The molecule has 2 atom stereocenters. The predicted molar refractivity (Wildman–Crippen MR) is 162 cm³/mol. The van der Waals surface area contributed by atoms with E-state index in [1.807, 2.05) is 0 Å². The van der Waals surface area contributed by atoms with Crippen LogP contribution >= 0.6 is 0 Å². The molecule has 4 aromatic carbocycles. The van der Waals surface area contributed by atoms with Crippen molar-refractivity contribution in [2.24, 2.45) is 0 Å². The van der Waals surface area contributed by atoms with Crippen molar-refractivity contribution in [3.05, 3.63) is 97.1 Å². The fraction of sp³-hybridized carbons (Fsp3) is 0.294. The zero-order chi connectivity index (χ0) is 27.1. The highest BCUT2D eigenvalue weighted by Gasteiger charge is 2.27. The summed E-state index contributed by atoms with van der Waals surface area (Å²) in [7, 11) is 0. The third-order valence-electron chi connectivity index (χ3n) is 8.86. The van der Waals surface area contributed by atoms with Gasteiger partial charge in [-0.25, -0.2) is 0 Å². The number of aliphatic hydroxyl groups excluding tert-OH is 2. The lowest BCUT2D eigenvalue weighted by Crippen LogP contribution is -3.28. The van der Waals surface area contributed by atoms with Crippen molar-refractivity contribution in [2.45, 2.75) is 25.3 Å². The van der Waals surface area contributed by atoms with Crippen molar-refractivity contribution in [1.29, 1.82) is 0 Å². The molecular formula is C34H38N4O2+2. The van der Waals surface area contributed by atoms with E-state index < -0.39 is 12.2 Å². The van der Waals surface area contributed by atoms with Gasteiger partial charge in [0.25, 0.3) is 0 Å². The molecule has 0 radical (unpaired) electrons. The maximum absolute atomic E-state index is 11.1. The third kappa shape index (κ3) is 4.67. The van der Waals surface area contributed by atoms with Crippen molar-refractivity contribution >= 4 is 43.6 Å². The maximum Gasteiger partial charge on any atom is 0.127 e. The Morgan fingerprint density at radius 1 is 0.475 bits per heavy atom. The Morgan fingerprint density at radius 2 is 0.750 bits per heavy atom. The lowest BCUT2D eigenvalue weighted by Gasteiger charge is -2.32. The summed E-state index contributed by atoms with van der Waals surface area (Å²) < 4.78 is 4.56. The highest BCUT2D eigenvalue weighted by Crippen LogP contribution is 2.30. The smallest absolute Gasteiger partial charge is 0.127 e. The van der Waals surface area contributed by atoms with Crippen LogP contribution in [0.3, 0.4) is 0 Å². The molecule has 1 aliphatic heterocycles. The van der Waals surface area contributed by atoms with E-state index in [-0.39, 0.29) is 0 Å². The first kappa shape index (κ1) is 25.3. The predicted octanol–water partition coefficient (Wildman–Crippen LogP) is 2.11. The molecule has 0 amide bonds. The Bertz CT molecular complexity index is 1540. The van der Waals surface area contributed by atoms with Crippen LogP contribution in [0.25, 0.3) is 43.6 Å². The van der Waals surface area contributed by atoms with Gasteiger partial charge in [-0.05, 0) is 24.3 Å². The first-order chi connectivity index (χ1) is 19.7. The molecule has 7 rings (SSSR count). The number of para-hydroxylation sites is 4. The van der Waals surface area contributed by atoms with Gasteiger partial charge < -0.3 is 29.1 Å². The molecule has 40 heavy (non-hydrogen) atoms. The number of aromatic nitrogens is 2. The van der Waals surface area contributed by atoms with Gasteiger partial charge in [0.2, 0.25) is 0 Å². The molecule has 1 fully saturated rings. The Morgan fingerprint density at radius 3 is 1.05 bits per heavy atom. The van der Waals surface area contributed by atoms with Crippen molar-refractivity contribution in [1.82, 2.24) is 9.13 Å². The number of rotatable bonds is 8. The number of nitrogens with zero attached hydrogens (tertiary/aromatic N) is 2. The van der Waals surface area contributed by atoms with Gasteiger partial charge >= 0.3 is 0 Å². The minimum absolute atomic E-state index is 0.406. The van der Waals surface area contributed by atoms with Crippen LogP contribution in [0.5, 0.6) is 0 Å². The number of hydrogen-bond donors (Lipinski definition) is 4. The van der Waals surface area contributed by atoms with Crippen LogP contribution < -0.4 is 9.80 Å². The molecule has 3 heterocycles. The van der Waals surface area contributed by atoms with E-state index >= 15 is 0 Å². The van der Waals surface area contributed by atoms with Gasteiger partial charge in [-0.1, -0.05) is 72.8 Å². The fourth-order valence-corrected chi connectivity index (χ4v) is 6.98. The monoisotopic (exact) mass is 534 g/mol. The summed E-state index contributed by atoms with van der Waals surface area (Å²) in [5, 5.41) is 27.2. The lowest BCUT2D eigenvalue weighted by atomic mass is 10.2. The number of benzene rings is 4. The van der Waals surface area contributed by atoms with E-state index in [9.17, 15) is 10.2 Å². The first-order valence-corrected chi connectivity index (χ1v) is 14.6. The minimum Gasteiger partial charge on any atom is -0.385 e. The number of quaternary nitrogens is 2. The molecule has 0 spiro atoms. The molecule has 6 nitrogen and oxygen atoms in total. The van der Waals surface area contributed by atoms with Crippen molar-refractivity contribution in [3.8, 4) is 0 Å². The number of piperazine rings is 1. The van der Waals surface area contributed by atoms with Crippen molar-refractivity contribution in [3.63, 3.8) is 0 Å². The maximum atomic E-state index is 11.1. The molecule has 2 aromatic heterocycles. The van der Waals surface area contributed by atoms with Crippen LogP contribution in [0.2, 0.25) is 0 Å². The molecule has 6 heteroatoms. The van der Waals surface area contributed by atoms with E-state index in [1.165, 1.54) is 53.4 Å². The molecule has 6 aromatic rings. The Balaban J connectivity index is 0.965. The summed E-state index contributed by atoms with van der Waals surface area (Å²) in [5.74, 6) is 0. The summed E-state index contributed by atoms with van der Waals surface area (Å²) in [4.78, 5) is 2.91.